The maximum absolute atomic E-state index is 13.4. The lowest BCUT2D eigenvalue weighted by atomic mass is 10.1. The minimum atomic E-state index is -0.483. The molecular weight excluding hydrogens is 503 g/mol. The zero-order chi connectivity index (χ0) is 24.4. The van der Waals surface area contributed by atoms with Gasteiger partial charge in [-0.3, -0.25) is 9.59 Å². The number of benzene rings is 3. The number of methoxy groups -OCH3 is 2. The molecule has 3 aromatic carbocycles. The van der Waals surface area contributed by atoms with Gasteiger partial charge in [0.05, 0.1) is 24.6 Å². The molecule has 174 valence electrons. The van der Waals surface area contributed by atoms with Crippen LogP contribution >= 0.6 is 34.8 Å². The number of carbonyl (C=O) groups is 1. The molecule has 4 aromatic rings. The fourth-order valence-corrected chi connectivity index (χ4v) is 4.07. The second-order valence-electron chi connectivity index (χ2n) is 7.14. The molecule has 0 spiro atoms. The lowest BCUT2D eigenvalue weighted by molar-refractivity contribution is 0.0920. The van der Waals surface area contributed by atoms with Crippen LogP contribution in [0.5, 0.6) is 17.2 Å². The van der Waals surface area contributed by atoms with Gasteiger partial charge in [-0.1, -0.05) is 34.8 Å². The summed E-state index contributed by atoms with van der Waals surface area (Å²) in [6.45, 7) is -0.460. The molecule has 1 heterocycles. The molecule has 0 radical (unpaired) electrons. The van der Waals surface area contributed by atoms with Crippen LogP contribution in [-0.4, -0.2) is 26.6 Å². The highest BCUT2D eigenvalue weighted by molar-refractivity contribution is 6.36. The third kappa shape index (κ3) is 4.71. The standard InChI is InChI=1S/C25H17Cl3O6/c1-31-21-7-3-13(9-22(21)32-2)24-25(23(30)17-10-14(26)5-8-20(17)34-24)33-12-19(29)16-6-4-15(27)11-18(16)28/h3-11H,12H2,1-2H3. The summed E-state index contributed by atoms with van der Waals surface area (Å²) in [6, 6.07) is 14.2. The van der Waals surface area contributed by atoms with Crippen molar-refractivity contribution in [3.8, 4) is 28.6 Å². The fourth-order valence-electron chi connectivity index (χ4n) is 3.38. The summed E-state index contributed by atoms with van der Waals surface area (Å²) in [5.74, 6) is 0.451. The summed E-state index contributed by atoms with van der Waals surface area (Å²) in [5, 5.41) is 1.14. The quantitative estimate of drug-likeness (QED) is 0.253. The molecule has 34 heavy (non-hydrogen) atoms. The Kier molecular flexibility index (Phi) is 7.03. The Morgan fingerprint density at radius 3 is 2.29 bits per heavy atom. The van der Waals surface area contributed by atoms with Crippen molar-refractivity contribution in [2.45, 2.75) is 0 Å². The van der Waals surface area contributed by atoms with Gasteiger partial charge in [-0.05, 0) is 54.6 Å². The Morgan fingerprint density at radius 2 is 1.59 bits per heavy atom. The van der Waals surface area contributed by atoms with E-state index in [0.717, 1.165) is 0 Å². The first-order valence-electron chi connectivity index (χ1n) is 9.92. The Labute approximate surface area is 209 Å². The maximum atomic E-state index is 13.4. The van der Waals surface area contributed by atoms with Crippen LogP contribution < -0.4 is 19.6 Å². The molecule has 6 nitrogen and oxygen atoms in total. The average Bonchev–Trinajstić information content (AvgIpc) is 2.83. The van der Waals surface area contributed by atoms with Crippen molar-refractivity contribution in [2.24, 2.45) is 0 Å². The molecule has 0 saturated carbocycles. The molecule has 0 atom stereocenters. The summed E-state index contributed by atoms with van der Waals surface area (Å²) in [4.78, 5) is 26.1. The first-order chi connectivity index (χ1) is 16.3. The number of fused-ring (bicyclic) bond motifs is 1. The second-order valence-corrected chi connectivity index (χ2v) is 8.42. The average molecular weight is 520 g/mol. The van der Waals surface area contributed by atoms with E-state index in [-0.39, 0.29) is 27.5 Å². The van der Waals surface area contributed by atoms with E-state index in [0.29, 0.717) is 32.7 Å². The third-order valence-corrected chi connectivity index (χ3v) is 5.82. The van der Waals surface area contributed by atoms with Gasteiger partial charge in [-0.2, -0.15) is 0 Å². The highest BCUT2D eigenvalue weighted by Crippen LogP contribution is 2.37. The van der Waals surface area contributed by atoms with Crippen LogP contribution in [0, 0.1) is 0 Å². The molecule has 4 rings (SSSR count). The molecule has 1 aromatic heterocycles. The number of ketones is 1. The molecule has 0 aliphatic carbocycles. The summed E-state index contributed by atoms with van der Waals surface area (Å²) in [5.41, 5.74) is 0.521. The molecule has 0 bridgehead atoms. The fraction of sp³-hybridized carbons (Fsp3) is 0.120. The van der Waals surface area contributed by atoms with Gasteiger partial charge >= 0.3 is 0 Å². The number of hydrogen-bond acceptors (Lipinski definition) is 6. The Morgan fingerprint density at radius 1 is 0.882 bits per heavy atom. The molecule has 0 amide bonds. The predicted octanol–water partition coefficient (Wildman–Crippen LogP) is 6.70. The zero-order valence-electron chi connectivity index (χ0n) is 18.0. The normalized spacial score (nSPS) is 10.9. The monoisotopic (exact) mass is 518 g/mol. The SMILES string of the molecule is COc1ccc(-c2oc3ccc(Cl)cc3c(=O)c2OCC(=O)c2ccc(Cl)cc2Cl)cc1OC. The number of ether oxygens (including phenoxy) is 3. The largest absolute Gasteiger partial charge is 0.493 e. The van der Waals surface area contributed by atoms with E-state index < -0.39 is 17.8 Å². The maximum Gasteiger partial charge on any atom is 0.235 e. The Hall–Kier alpha value is -3.19. The lowest BCUT2D eigenvalue weighted by Crippen LogP contribution is -2.17. The molecule has 0 saturated heterocycles. The number of carbonyl (C=O) groups excluding carboxylic acids is 1. The van der Waals surface area contributed by atoms with E-state index in [1.807, 2.05) is 0 Å². The van der Waals surface area contributed by atoms with Crippen LogP contribution in [0.4, 0.5) is 0 Å². The lowest BCUT2D eigenvalue weighted by Gasteiger charge is -2.14. The van der Waals surface area contributed by atoms with Crippen LogP contribution in [0.25, 0.3) is 22.3 Å². The van der Waals surface area contributed by atoms with E-state index in [9.17, 15) is 9.59 Å². The third-order valence-electron chi connectivity index (χ3n) is 5.04. The smallest absolute Gasteiger partial charge is 0.235 e. The zero-order valence-corrected chi connectivity index (χ0v) is 20.3. The van der Waals surface area contributed by atoms with E-state index in [1.165, 1.54) is 32.4 Å². The molecule has 9 heteroatoms. The van der Waals surface area contributed by atoms with Crippen molar-refractivity contribution in [1.82, 2.24) is 0 Å². The first kappa shape index (κ1) is 24.0. The van der Waals surface area contributed by atoms with Gasteiger partial charge in [0.2, 0.25) is 17.0 Å². The van der Waals surface area contributed by atoms with Crippen LogP contribution in [0.15, 0.2) is 63.8 Å². The van der Waals surface area contributed by atoms with E-state index >= 15 is 0 Å². The summed E-state index contributed by atoms with van der Waals surface area (Å²) in [6.07, 6.45) is 0. The van der Waals surface area contributed by atoms with Crippen molar-refractivity contribution in [3.63, 3.8) is 0 Å². The van der Waals surface area contributed by atoms with Crippen LogP contribution in [0.2, 0.25) is 15.1 Å². The van der Waals surface area contributed by atoms with Gasteiger partial charge < -0.3 is 18.6 Å². The van der Waals surface area contributed by atoms with E-state index in [1.54, 1.807) is 36.4 Å². The second kappa shape index (κ2) is 9.97. The highest BCUT2D eigenvalue weighted by Gasteiger charge is 2.21. The number of hydrogen-bond donors (Lipinski definition) is 0. The number of halogens is 3. The minimum Gasteiger partial charge on any atom is -0.493 e. The van der Waals surface area contributed by atoms with E-state index in [4.69, 9.17) is 53.4 Å². The summed E-state index contributed by atoms with van der Waals surface area (Å²) in [7, 11) is 3.01. The van der Waals surface area contributed by atoms with Crippen molar-refractivity contribution in [1.29, 1.82) is 0 Å². The molecular formula is C25H17Cl3O6. The number of rotatable bonds is 7. The Bertz CT molecular complexity index is 1460. The molecule has 0 aliphatic rings. The van der Waals surface area contributed by atoms with Gasteiger partial charge in [0.1, 0.15) is 5.58 Å². The highest BCUT2D eigenvalue weighted by atomic mass is 35.5. The van der Waals surface area contributed by atoms with Crippen molar-refractivity contribution in [3.05, 3.63) is 85.5 Å². The molecule has 0 fully saturated rings. The van der Waals surface area contributed by atoms with Gasteiger partial charge in [-0.15, -0.1) is 0 Å². The first-order valence-corrected chi connectivity index (χ1v) is 11.1. The van der Waals surface area contributed by atoms with Gasteiger partial charge in [0.15, 0.2) is 23.9 Å². The summed E-state index contributed by atoms with van der Waals surface area (Å²) < 4.78 is 22.4. The Balaban J connectivity index is 1.81. The van der Waals surface area contributed by atoms with E-state index in [2.05, 4.69) is 0 Å². The molecule has 0 aliphatic heterocycles. The van der Waals surface area contributed by atoms with Crippen LogP contribution in [0.3, 0.4) is 0 Å². The van der Waals surface area contributed by atoms with Crippen LogP contribution in [-0.2, 0) is 0 Å². The molecule has 0 N–H and O–H groups in total. The topological polar surface area (TPSA) is 75.0 Å². The number of Topliss-reactive ketones (excluding diaryl/α,β-unsaturated/α-hetero) is 1. The van der Waals surface area contributed by atoms with Gasteiger partial charge in [0, 0.05) is 21.2 Å². The van der Waals surface area contributed by atoms with Crippen molar-refractivity contribution >= 4 is 51.6 Å². The van der Waals surface area contributed by atoms with Crippen molar-refractivity contribution in [2.75, 3.05) is 20.8 Å². The van der Waals surface area contributed by atoms with Crippen LogP contribution in [0.1, 0.15) is 10.4 Å². The van der Waals surface area contributed by atoms with Gasteiger partial charge in [-0.25, -0.2) is 0 Å². The summed E-state index contributed by atoms with van der Waals surface area (Å²) >= 11 is 18.1. The van der Waals surface area contributed by atoms with Gasteiger partial charge in [0.25, 0.3) is 0 Å². The minimum absolute atomic E-state index is 0.121. The van der Waals surface area contributed by atoms with Crippen molar-refractivity contribution < 1.29 is 23.4 Å². The molecule has 0 unspecified atom stereocenters. The predicted molar refractivity (Wildman–Crippen MR) is 132 cm³/mol.